The Morgan fingerprint density at radius 1 is 1.09 bits per heavy atom. The molecule has 4 nitrogen and oxygen atoms in total. The van der Waals surface area contributed by atoms with Crippen LogP contribution in [0.5, 0.6) is 5.75 Å². The molecule has 0 fully saturated rings. The molecule has 7 heteroatoms. The van der Waals surface area contributed by atoms with E-state index in [1.807, 2.05) is 44.2 Å². The van der Waals surface area contributed by atoms with E-state index in [-0.39, 0.29) is 5.57 Å². The van der Waals surface area contributed by atoms with Gasteiger partial charge in [-0.1, -0.05) is 47.5 Å². The molecule has 0 atom stereocenters. The molecule has 0 unspecified atom stereocenters. The molecule has 1 amide bonds. The van der Waals surface area contributed by atoms with E-state index < -0.39 is 5.91 Å². The van der Waals surface area contributed by atoms with Crippen LogP contribution in [0.15, 0.2) is 64.6 Å². The van der Waals surface area contributed by atoms with Crippen molar-refractivity contribution < 1.29 is 9.53 Å². The molecule has 0 aliphatic heterocycles. The number of nitriles is 1. The Morgan fingerprint density at radius 3 is 2.56 bits per heavy atom. The SMILES string of the molecule is Cc1ccc(C)c(NC(=O)/C(C#N)=C/c2ccc(OCc3ccc(Cl)c(Cl)c3)c(Br)c2)c1. The molecular weight excluding hydrogens is 511 g/mol. The summed E-state index contributed by atoms with van der Waals surface area (Å²) < 4.78 is 6.53. The van der Waals surface area contributed by atoms with Gasteiger partial charge in [-0.3, -0.25) is 4.79 Å². The van der Waals surface area contributed by atoms with Crippen molar-refractivity contribution in [1.29, 1.82) is 5.26 Å². The molecule has 0 aliphatic carbocycles. The molecule has 3 aromatic rings. The van der Waals surface area contributed by atoms with Crippen molar-refractivity contribution in [1.82, 2.24) is 0 Å². The molecule has 0 heterocycles. The van der Waals surface area contributed by atoms with E-state index in [9.17, 15) is 10.1 Å². The van der Waals surface area contributed by atoms with Crippen LogP contribution < -0.4 is 10.1 Å². The molecule has 162 valence electrons. The second-order valence-corrected chi connectivity index (χ2v) is 8.84. The van der Waals surface area contributed by atoms with E-state index in [0.717, 1.165) is 16.7 Å². The van der Waals surface area contributed by atoms with Gasteiger partial charge in [0, 0.05) is 5.69 Å². The van der Waals surface area contributed by atoms with Crippen molar-refractivity contribution in [3.8, 4) is 11.8 Å². The highest BCUT2D eigenvalue weighted by Crippen LogP contribution is 2.29. The minimum atomic E-state index is -0.461. The number of hydrogen-bond donors (Lipinski definition) is 1. The number of rotatable bonds is 6. The normalized spacial score (nSPS) is 11.1. The van der Waals surface area contributed by atoms with E-state index in [4.69, 9.17) is 27.9 Å². The number of amides is 1. The van der Waals surface area contributed by atoms with Crippen molar-refractivity contribution in [2.45, 2.75) is 20.5 Å². The number of carbonyl (C=O) groups excluding carboxylic acids is 1. The molecule has 0 aliphatic rings. The number of ether oxygens (including phenoxy) is 1. The van der Waals surface area contributed by atoms with Crippen molar-refractivity contribution in [2.75, 3.05) is 5.32 Å². The Balaban J connectivity index is 1.73. The molecule has 0 saturated carbocycles. The first kappa shape index (κ1) is 23.9. The van der Waals surface area contributed by atoms with Crippen molar-refractivity contribution in [3.05, 3.63) is 96.9 Å². The summed E-state index contributed by atoms with van der Waals surface area (Å²) in [6, 6.07) is 18.4. The van der Waals surface area contributed by atoms with Crippen LogP contribution in [0, 0.1) is 25.2 Å². The second kappa shape index (κ2) is 10.7. The third-order valence-corrected chi connectivity index (χ3v) is 6.01. The number of anilines is 1. The van der Waals surface area contributed by atoms with E-state index in [1.165, 1.54) is 6.08 Å². The van der Waals surface area contributed by atoms with Crippen LogP contribution in [0.25, 0.3) is 6.08 Å². The van der Waals surface area contributed by atoms with Gasteiger partial charge in [0.25, 0.3) is 5.91 Å². The predicted octanol–water partition coefficient (Wildman–Crippen LogP) is 7.50. The summed E-state index contributed by atoms with van der Waals surface area (Å²) in [6.07, 6.45) is 1.54. The number of carbonyl (C=O) groups is 1. The van der Waals surface area contributed by atoms with Gasteiger partial charge in [-0.2, -0.15) is 5.26 Å². The smallest absolute Gasteiger partial charge is 0.266 e. The van der Waals surface area contributed by atoms with E-state index >= 15 is 0 Å². The summed E-state index contributed by atoms with van der Waals surface area (Å²) in [7, 11) is 0. The van der Waals surface area contributed by atoms with Gasteiger partial charge in [0.2, 0.25) is 0 Å². The molecule has 0 radical (unpaired) electrons. The van der Waals surface area contributed by atoms with Crippen LogP contribution in [-0.2, 0) is 11.4 Å². The average Bonchev–Trinajstić information content (AvgIpc) is 2.76. The summed E-state index contributed by atoms with van der Waals surface area (Å²) in [5, 5.41) is 13.3. The second-order valence-electron chi connectivity index (χ2n) is 7.17. The highest BCUT2D eigenvalue weighted by molar-refractivity contribution is 9.10. The van der Waals surface area contributed by atoms with Crippen LogP contribution in [0.2, 0.25) is 10.0 Å². The zero-order valence-electron chi connectivity index (χ0n) is 17.4. The van der Waals surface area contributed by atoms with Gasteiger partial charge in [-0.25, -0.2) is 0 Å². The molecular formula is C25H19BrCl2N2O2. The van der Waals surface area contributed by atoms with Crippen LogP contribution >= 0.6 is 39.1 Å². The first-order chi connectivity index (χ1) is 15.3. The summed E-state index contributed by atoms with van der Waals surface area (Å²) in [5.74, 6) is 0.156. The fraction of sp³-hybridized carbons (Fsp3) is 0.120. The molecule has 0 spiro atoms. The number of aryl methyl sites for hydroxylation is 2. The van der Waals surface area contributed by atoms with Gasteiger partial charge in [0.05, 0.1) is 14.5 Å². The van der Waals surface area contributed by atoms with E-state index in [1.54, 1.807) is 30.3 Å². The topological polar surface area (TPSA) is 62.1 Å². The molecule has 3 rings (SSSR count). The van der Waals surface area contributed by atoms with Gasteiger partial charge in [-0.15, -0.1) is 0 Å². The van der Waals surface area contributed by atoms with Crippen LogP contribution in [0.3, 0.4) is 0 Å². The zero-order valence-corrected chi connectivity index (χ0v) is 20.5. The van der Waals surface area contributed by atoms with E-state index in [2.05, 4.69) is 21.2 Å². The van der Waals surface area contributed by atoms with Gasteiger partial charge in [0.1, 0.15) is 24.0 Å². The molecule has 3 aromatic carbocycles. The zero-order chi connectivity index (χ0) is 23.3. The third-order valence-electron chi connectivity index (χ3n) is 4.65. The van der Waals surface area contributed by atoms with Crippen LogP contribution in [0.1, 0.15) is 22.3 Å². The van der Waals surface area contributed by atoms with Crippen molar-refractivity contribution in [2.24, 2.45) is 0 Å². The first-order valence-electron chi connectivity index (χ1n) is 9.63. The number of benzene rings is 3. The first-order valence-corrected chi connectivity index (χ1v) is 11.2. The minimum absolute atomic E-state index is 0.00211. The molecule has 0 bridgehead atoms. The van der Waals surface area contributed by atoms with Gasteiger partial charge in [-0.05, 0) is 88.4 Å². The third kappa shape index (κ3) is 6.14. The Bertz CT molecular complexity index is 1250. The van der Waals surface area contributed by atoms with Crippen molar-refractivity contribution in [3.63, 3.8) is 0 Å². The van der Waals surface area contributed by atoms with Gasteiger partial charge < -0.3 is 10.1 Å². The Hall–Kier alpha value is -2.78. The largest absolute Gasteiger partial charge is 0.488 e. The lowest BCUT2D eigenvalue weighted by molar-refractivity contribution is -0.112. The van der Waals surface area contributed by atoms with Crippen molar-refractivity contribution >= 4 is 56.8 Å². The number of nitrogens with one attached hydrogen (secondary N) is 1. The van der Waals surface area contributed by atoms with E-state index in [0.29, 0.717) is 38.1 Å². The molecule has 1 N–H and O–H groups in total. The highest BCUT2D eigenvalue weighted by atomic mass is 79.9. The fourth-order valence-corrected chi connectivity index (χ4v) is 3.72. The lowest BCUT2D eigenvalue weighted by Gasteiger charge is -2.10. The maximum Gasteiger partial charge on any atom is 0.266 e. The summed E-state index contributed by atoms with van der Waals surface area (Å²) in [5.41, 5.74) is 4.20. The predicted molar refractivity (Wildman–Crippen MR) is 133 cm³/mol. The quantitative estimate of drug-likeness (QED) is 0.265. The maximum absolute atomic E-state index is 12.6. The Labute approximate surface area is 205 Å². The fourth-order valence-electron chi connectivity index (χ4n) is 2.89. The lowest BCUT2D eigenvalue weighted by Crippen LogP contribution is -2.14. The molecule has 32 heavy (non-hydrogen) atoms. The molecule has 0 aromatic heterocycles. The minimum Gasteiger partial charge on any atom is -0.488 e. The van der Waals surface area contributed by atoms with Gasteiger partial charge >= 0.3 is 0 Å². The van der Waals surface area contributed by atoms with Gasteiger partial charge in [0.15, 0.2) is 0 Å². The Kier molecular flexibility index (Phi) is 7.98. The summed E-state index contributed by atoms with van der Waals surface area (Å²) in [4.78, 5) is 12.6. The number of nitrogens with zero attached hydrogens (tertiary/aromatic N) is 1. The lowest BCUT2D eigenvalue weighted by atomic mass is 10.1. The monoisotopic (exact) mass is 528 g/mol. The summed E-state index contributed by atoms with van der Waals surface area (Å²) >= 11 is 15.5. The standard InChI is InChI=1S/C25H19BrCl2N2O2/c1-15-3-4-16(2)23(9-15)30-25(31)19(13-29)10-17-6-8-24(20(26)11-17)32-14-18-5-7-21(27)22(28)12-18/h3-12H,14H2,1-2H3,(H,30,31)/b19-10+. The number of hydrogen-bond acceptors (Lipinski definition) is 3. The maximum atomic E-state index is 12.6. The Morgan fingerprint density at radius 2 is 1.88 bits per heavy atom. The average molecular weight is 530 g/mol. The molecule has 0 saturated heterocycles. The summed E-state index contributed by atoms with van der Waals surface area (Å²) in [6.45, 7) is 4.16. The number of halogens is 3. The van der Waals surface area contributed by atoms with Crippen LogP contribution in [-0.4, -0.2) is 5.91 Å². The highest BCUT2D eigenvalue weighted by Gasteiger charge is 2.12. The van der Waals surface area contributed by atoms with Crippen LogP contribution in [0.4, 0.5) is 5.69 Å².